The third-order valence-electron chi connectivity index (χ3n) is 2.79. The second-order valence-electron chi connectivity index (χ2n) is 3.79. The molecule has 1 aromatic heterocycles. The molecule has 6 heteroatoms. The van der Waals surface area contributed by atoms with Gasteiger partial charge in [0.15, 0.2) is 0 Å². The first-order valence-corrected chi connectivity index (χ1v) is 5.91. The number of hydrogen-bond acceptors (Lipinski definition) is 4. The number of anilines is 1. The zero-order chi connectivity index (χ0) is 11.5. The minimum Gasteiger partial charge on any atom is -0.481 e. The second-order valence-corrected chi connectivity index (χ2v) is 4.65. The number of halogens is 1. The average Bonchev–Trinajstić information content (AvgIpc) is 2.30. The maximum Gasteiger partial charge on any atom is 0.306 e. The van der Waals surface area contributed by atoms with E-state index in [0.717, 1.165) is 23.4 Å². The Kier molecular flexibility index (Phi) is 3.38. The molecule has 1 aliphatic rings. The lowest BCUT2D eigenvalue weighted by molar-refractivity contribution is -0.142. The Bertz CT molecular complexity index is 391. The van der Waals surface area contributed by atoms with Crippen molar-refractivity contribution in [2.75, 3.05) is 18.0 Å². The third kappa shape index (κ3) is 2.32. The molecule has 1 aliphatic heterocycles. The van der Waals surface area contributed by atoms with Crippen molar-refractivity contribution in [1.29, 1.82) is 0 Å². The van der Waals surface area contributed by atoms with Crippen molar-refractivity contribution in [1.82, 2.24) is 9.97 Å². The molecular weight excluding hydrogens is 274 g/mol. The highest BCUT2D eigenvalue weighted by atomic mass is 79.9. The summed E-state index contributed by atoms with van der Waals surface area (Å²) in [5.41, 5.74) is 0. The summed E-state index contributed by atoms with van der Waals surface area (Å²) in [7, 11) is 0. The van der Waals surface area contributed by atoms with E-state index in [1.54, 1.807) is 6.20 Å². The van der Waals surface area contributed by atoms with Crippen LogP contribution >= 0.6 is 15.9 Å². The molecule has 0 bridgehead atoms. The van der Waals surface area contributed by atoms with Crippen LogP contribution in [0.1, 0.15) is 12.8 Å². The van der Waals surface area contributed by atoms with Gasteiger partial charge in [-0.1, -0.05) is 0 Å². The van der Waals surface area contributed by atoms with Gasteiger partial charge in [-0.05, 0) is 28.8 Å². The quantitative estimate of drug-likeness (QED) is 0.893. The summed E-state index contributed by atoms with van der Waals surface area (Å²) in [4.78, 5) is 21.0. The van der Waals surface area contributed by atoms with E-state index < -0.39 is 5.97 Å². The molecule has 2 rings (SSSR count). The van der Waals surface area contributed by atoms with Crippen LogP contribution < -0.4 is 4.90 Å². The highest BCUT2D eigenvalue weighted by Gasteiger charge is 2.25. The normalized spacial score (nSPS) is 17.4. The molecule has 16 heavy (non-hydrogen) atoms. The molecule has 1 aromatic rings. The number of aromatic nitrogens is 2. The van der Waals surface area contributed by atoms with Crippen molar-refractivity contribution < 1.29 is 9.90 Å². The summed E-state index contributed by atoms with van der Waals surface area (Å²) in [5, 5.41) is 8.90. The summed E-state index contributed by atoms with van der Waals surface area (Å²) in [6.45, 7) is 1.46. The van der Waals surface area contributed by atoms with Crippen molar-refractivity contribution in [3.8, 4) is 0 Å². The number of hydrogen-bond donors (Lipinski definition) is 1. The van der Waals surface area contributed by atoms with Gasteiger partial charge in [0.25, 0.3) is 0 Å². The predicted molar refractivity (Wildman–Crippen MR) is 62.3 cm³/mol. The Labute approximate surface area is 102 Å². The average molecular weight is 286 g/mol. The third-order valence-corrected chi connectivity index (χ3v) is 3.35. The van der Waals surface area contributed by atoms with Crippen molar-refractivity contribution in [2.45, 2.75) is 12.8 Å². The van der Waals surface area contributed by atoms with Crippen molar-refractivity contribution in [3.05, 3.63) is 17.0 Å². The number of carboxylic acid groups (broad SMARTS) is 1. The van der Waals surface area contributed by atoms with Crippen LogP contribution in [0, 0.1) is 5.92 Å². The van der Waals surface area contributed by atoms with E-state index in [4.69, 9.17) is 5.11 Å². The number of rotatable bonds is 2. The molecule has 0 aliphatic carbocycles. The van der Waals surface area contributed by atoms with Gasteiger partial charge in [-0.2, -0.15) is 0 Å². The fourth-order valence-electron chi connectivity index (χ4n) is 1.88. The van der Waals surface area contributed by atoms with Crippen molar-refractivity contribution in [3.63, 3.8) is 0 Å². The van der Waals surface area contributed by atoms with Crippen LogP contribution in [0.2, 0.25) is 0 Å². The fraction of sp³-hybridized carbons (Fsp3) is 0.500. The zero-order valence-electron chi connectivity index (χ0n) is 8.64. The van der Waals surface area contributed by atoms with E-state index in [9.17, 15) is 4.79 Å². The zero-order valence-corrected chi connectivity index (χ0v) is 10.2. The Morgan fingerprint density at radius 1 is 1.50 bits per heavy atom. The smallest absolute Gasteiger partial charge is 0.306 e. The predicted octanol–water partition coefficient (Wildman–Crippen LogP) is 1.54. The van der Waals surface area contributed by atoms with Crippen LogP contribution in [0.4, 0.5) is 5.82 Å². The largest absolute Gasteiger partial charge is 0.481 e. The molecule has 2 heterocycles. The monoisotopic (exact) mass is 285 g/mol. The van der Waals surface area contributed by atoms with Crippen LogP contribution in [0.5, 0.6) is 0 Å². The maximum atomic E-state index is 10.8. The highest BCUT2D eigenvalue weighted by molar-refractivity contribution is 9.10. The lowest BCUT2D eigenvalue weighted by Crippen LogP contribution is -2.36. The first-order chi connectivity index (χ1) is 7.68. The first kappa shape index (κ1) is 11.3. The standard InChI is InChI=1S/C10H12BrN3O2/c11-8-5-12-6-13-9(8)14-3-1-7(2-4-14)10(15)16/h5-7H,1-4H2,(H,15,16). The number of carbonyl (C=O) groups is 1. The SMILES string of the molecule is O=C(O)C1CCN(c2ncncc2Br)CC1. The van der Waals surface area contributed by atoms with Crippen LogP contribution in [0.25, 0.3) is 0 Å². The van der Waals surface area contributed by atoms with Crippen LogP contribution in [-0.2, 0) is 4.79 Å². The van der Waals surface area contributed by atoms with Gasteiger partial charge in [-0.25, -0.2) is 9.97 Å². The van der Waals surface area contributed by atoms with E-state index in [1.165, 1.54) is 6.33 Å². The number of aliphatic carboxylic acids is 1. The Morgan fingerprint density at radius 2 is 2.19 bits per heavy atom. The van der Waals surface area contributed by atoms with Crippen molar-refractivity contribution in [2.24, 2.45) is 5.92 Å². The molecule has 0 aromatic carbocycles. The summed E-state index contributed by atoms with van der Waals surface area (Å²) >= 11 is 3.39. The van der Waals surface area contributed by atoms with E-state index in [2.05, 4.69) is 30.8 Å². The highest BCUT2D eigenvalue weighted by Crippen LogP contribution is 2.26. The molecule has 0 saturated carbocycles. The number of carboxylic acids is 1. The van der Waals surface area contributed by atoms with E-state index in [-0.39, 0.29) is 5.92 Å². The molecule has 1 saturated heterocycles. The van der Waals surface area contributed by atoms with Crippen molar-refractivity contribution >= 4 is 27.7 Å². The first-order valence-electron chi connectivity index (χ1n) is 5.11. The van der Waals surface area contributed by atoms with E-state index >= 15 is 0 Å². The Balaban J connectivity index is 2.05. The van der Waals surface area contributed by atoms with Gasteiger partial charge in [-0.3, -0.25) is 4.79 Å². The van der Waals surface area contributed by atoms with Gasteiger partial charge in [0, 0.05) is 19.3 Å². The van der Waals surface area contributed by atoms with Gasteiger partial charge in [0.05, 0.1) is 10.4 Å². The van der Waals surface area contributed by atoms with E-state index in [0.29, 0.717) is 12.8 Å². The lowest BCUT2D eigenvalue weighted by Gasteiger charge is -2.31. The summed E-state index contributed by atoms with van der Waals surface area (Å²) in [6, 6.07) is 0. The summed E-state index contributed by atoms with van der Waals surface area (Å²) in [6.07, 6.45) is 4.55. The molecule has 0 amide bonds. The molecule has 5 nitrogen and oxygen atoms in total. The van der Waals surface area contributed by atoms with Crippen LogP contribution in [0.3, 0.4) is 0 Å². The number of nitrogens with zero attached hydrogens (tertiary/aromatic N) is 3. The topological polar surface area (TPSA) is 66.3 Å². The fourth-order valence-corrected chi connectivity index (χ4v) is 2.35. The summed E-state index contributed by atoms with van der Waals surface area (Å²) < 4.78 is 0.851. The lowest BCUT2D eigenvalue weighted by atomic mass is 9.97. The van der Waals surface area contributed by atoms with Crippen LogP contribution in [-0.4, -0.2) is 34.1 Å². The van der Waals surface area contributed by atoms with Gasteiger partial charge in [-0.15, -0.1) is 0 Å². The second kappa shape index (κ2) is 4.78. The molecule has 86 valence electrons. The Hall–Kier alpha value is -1.17. The molecular formula is C10H12BrN3O2. The van der Waals surface area contributed by atoms with Gasteiger partial charge >= 0.3 is 5.97 Å². The Morgan fingerprint density at radius 3 is 2.75 bits per heavy atom. The van der Waals surface area contributed by atoms with Gasteiger partial charge in [0.2, 0.25) is 0 Å². The molecule has 0 spiro atoms. The minimum absolute atomic E-state index is 0.211. The molecule has 1 fully saturated rings. The van der Waals surface area contributed by atoms with Gasteiger partial charge in [0.1, 0.15) is 12.1 Å². The molecule has 0 unspecified atom stereocenters. The van der Waals surface area contributed by atoms with Crippen LogP contribution in [0.15, 0.2) is 17.0 Å². The van der Waals surface area contributed by atoms with E-state index in [1.807, 2.05) is 0 Å². The minimum atomic E-state index is -0.693. The number of piperidine rings is 1. The molecule has 1 N–H and O–H groups in total. The van der Waals surface area contributed by atoms with Gasteiger partial charge < -0.3 is 10.0 Å². The summed E-state index contributed by atoms with van der Waals surface area (Å²) in [5.74, 6) is -0.0582. The maximum absolute atomic E-state index is 10.8. The molecule has 0 atom stereocenters. The molecule has 0 radical (unpaired) electrons.